The van der Waals surface area contributed by atoms with Crippen LogP contribution in [0.1, 0.15) is 21.6 Å². The van der Waals surface area contributed by atoms with Crippen molar-refractivity contribution in [2.75, 3.05) is 6.54 Å². The maximum absolute atomic E-state index is 13.7. The molecule has 27 heavy (non-hydrogen) atoms. The van der Waals surface area contributed by atoms with Gasteiger partial charge in [0.15, 0.2) is 0 Å². The summed E-state index contributed by atoms with van der Waals surface area (Å²) < 4.78 is 18.9. The molecule has 0 saturated heterocycles. The fourth-order valence-electron chi connectivity index (χ4n) is 3.74. The number of halogens is 1. The van der Waals surface area contributed by atoms with Gasteiger partial charge in [0.05, 0.1) is 0 Å². The van der Waals surface area contributed by atoms with Gasteiger partial charge in [-0.05, 0) is 30.3 Å². The van der Waals surface area contributed by atoms with E-state index in [1.54, 1.807) is 35.2 Å². The lowest BCUT2D eigenvalue weighted by Gasteiger charge is -2.27. The molecule has 2 aromatic heterocycles. The predicted octanol–water partition coefficient (Wildman–Crippen LogP) is 3.61. The van der Waals surface area contributed by atoms with Crippen LogP contribution in [-0.2, 0) is 13.0 Å². The standard InChI is InChI=1S/C21H15FN2O3/c22-13-5-6-17-14(10-13)16-11-24(8-7-18(16)23-17)20(25)15-9-12-3-1-2-4-19(12)27-21(15)26/h1-6,9-10,23H,7-8,11H2. The van der Waals surface area contributed by atoms with Crippen molar-refractivity contribution < 1.29 is 13.6 Å². The lowest BCUT2D eigenvalue weighted by atomic mass is 10.0. The van der Waals surface area contributed by atoms with Crippen molar-refractivity contribution in [1.29, 1.82) is 0 Å². The summed E-state index contributed by atoms with van der Waals surface area (Å²) in [5, 5.41) is 1.47. The maximum Gasteiger partial charge on any atom is 0.349 e. The van der Waals surface area contributed by atoms with Crippen LogP contribution in [0.3, 0.4) is 0 Å². The Morgan fingerprint density at radius 2 is 2.00 bits per heavy atom. The Morgan fingerprint density at radius 1 is 1.15 bits per heavy atom. The first kappa shape index (κ1) is 15.8. The van der Waals surface area contributed by atoms with E-state index in [4.69, 9.17) is 4.42 Å². The quantitative estimate of drug-likeness (QED) is 0.526. The lowest BCUT2D eigenvalue weighted by molar-refractivity contribution is 0.0731. The summed E-state index contributed by atoms with van der Waals surface area (Å²) in [6.45, 7) is 0.803. The summed E-state index contributed by atoms with van der Waals surface area (Å²) in [5.74, 6) is -0.686. The van der Waals surface area contributed by atoms with Gasteiger partial charge in [0.1, 0.15) is 17.0 Å². The van der Waals surface area contributed by atoms with Gasteiger partial charge in [-0.15, -0.1) is 0 Å². The van der Waals surface area contributed by atoms with Crippen LogP contribution in [0.15, 0.2) is 57.7 Å². The third kappa shape index (κ3) is 2.52. The van der Waals surface area contributed by atoms with Crippen LogP contribution in [0.5, 0.6) is 0 Å². The molecule has 0 atom stereocenters. The van der Waals surface area contributed by atoms with Crippen LogP contribution in [0.25, 0.3) is 21.9 Å². The number of para-hydroxylation sites is 1. The van der Waals surface area contributed by atoms with Crippen molar-refractivity contribution in [3.8, 4) is 0 Å². The van der Waals surface area contributed by atoms with Crippen LogP contribution < -0.4 is 5.63 Å². The van der Waals surface area contributed by atoms with Gasteiger partial charge in [-0.1, -0.05) is 18.2 Å². The van der Waals surface area contributed by atoms with E-state index in [-0.39, 0.29) is 17.3 Å². The molecule has 3 heterocycles. The predicted molar refractivity (Wildman–Crippen MR) is 99.2 cm³/mol. The monoisotopic (exact) mass is 362 g/mol. The Labute approximate surface area is 153 Å². The highest BCUT2D eigenvalue weighted by Gasteiger charge is 2.27. The molecule has 0 fully saturated rings. The summed E-state index contributed by atoms with van der Waals surface area (Å²) in [7, 11) is 0. The normalized spacial score (nSPS) is 13.9. The first-order chi connectivity index (χ1) is 13.1. The van der Waals surface area contributed by atoms with E-state index < -0.39 is 5.63 Å². The van der Waals surface area contributed by atoms with Crippen molar-refractivity contribution in [3.63, 3.8) is 0 Å². The molecule has 0 unspecified atom stereocenters. The summed E-state index contributed by atoms with van der Waals surface area (Å²) in [5.41, 5.74) is 2.57. The van der Waals surface area contributed by atoms with Crippen LogP contribution in [0.4, 0.5) is 4.39 Å². The largest absolute Gasteiger partial charge is 0.422 e. The van der Waals surface area contributed by atoms with Gasteiger partial charge in [-0.2, -0.15) is 0 Å². The second-order valence-electron chi connectivity index (χ2n) is 6.73. The van der Waals surface area contributed by atoms with Crippen LogP contribution >= 0.6 is 0 Å². The first-order valence-electron chi connectivity index (χ1n) is 8.71. The molecule has 0 saturated carbocycles. The van der Waals surface area contributed by atoms with Gasteiger partial charge in [0, 0.05) is 47.1 Å². The van der Waals surface area contributed by atoms with Crippen molar-refractivity contribution >= 4 is 27.8 Å². The fraction of sp³-hybridized carbons (Fsp3) is 0.143. The van der Waals surface area contributed by atoms with Crippen LogP contribution in [-0.4, -0.2) is 22.3 Å². The molecule has 0 aliphatic carbocycles. The molecule has 0 spiro atoms. The van der Waals surface area contributed by atoms with Gasteiger partial charge in [-0.3, -0.25) is 4.79 Å². The van der Waals surface area contributed by atoms with Crippen molar-refractivity contribution in [1.82, 2.24) is 9.88 Å². The number of nitrogens with one attached hydrogen (secondary N) is 1. The molecule has 2 aromatic carbocycles. The third-order valence-corrected chi connectivity index (χ3v) is 5.10. The van der Waals surface area contributed by atoms with Crippen LogP contribution in [0.2, 0.25) is 0 Å². The fourth-order valence-corrected chi connectivity index (χ4v) is 3.74. The average Bonchev–Trinajstić information content (AvgIpc) is 3.04. The number of carbonyl (C=O) groups is 1. The van der Waals surface area contributed by atoms with Crippen molar-refractivity contribution in [3.05, 3.63) is 81.6 Å². The number of hydrogen-bond acceptors (Lipinski definition) is 3. The average molecular weight is 362 g/mol. The molecule has 5 nitrogen and oxygen atoms in total. The number of benzene rings is 2. The van der Waals surface area contributed by atoms with E-state index in [0.29, 0.717) is 30.5 Å². The molecule has 5 rings (SSSR count). The molecule has 1 N–H and O–H groups in total. The molecule has 0 radical (unpaired) electrons. The minimum atomic E-state index is -0.644. The lowest BCUT2D eigenvalue weighted by Crippen LogP contribution is -2.37. The SMILES string of the molecule is O=C(c1cc2ccccc2oc1=O)N1CCc2[nH]c3ccc(F)cc3c2C1. The summed E-state index contributed by atoms with van der Waals surface area (Å²) in [6.07, 6.45) is 0.621. The molecule has 1 aliphatic rings. The summed E-state index contributed by atoms with van der Waals surface area (Å²) in [4.78, 5) is 30.2. The number of aromatic amines is 1. The maximum atomic E-state index is 13.7. The molecule has 4 aromatic rings. The highest BCUT2D eigenvalue weighted by atomic mass is 19.1. The van der Waals surface area contributed by atoms with E-state index in [0.717, 1.165) is 22.2 Å². The summed E-state index contributed by atoms with van der Waals surface area (Å²) >= 11 is 0. The van der Waals surface area contributed by atoms with Gasteiger partial charge in [0.25, 0.3) is 5.91 Å². The molecule has 1 amide bonds. The van der Waals surface area contributed by atoms with Gasteiger partial charge < -0.3 is 14.3 Å². The number of fused-ring (bicyclic) bond motifs is 4. The third-order valence-electron chi connectivity index (χ3n) is 5.10. The van der Waals surface area contributed by atoms with Gasteiger partial charge in [0.2, 0.25) is 0 Å². The number of H-pyrrole nitrogens is 1. The number of hydrogen-bond donors (Lipinski definition) is 1. The zero-order chi connectivity index (χ0) is 18.5. The number of aromatic nitrogens is 1. The highest BCUT2D eigenvalue weighted by Crippen LogP contribution is 2.29. The van der Waals surface area contributed by atoms with E-state index in [9.17, 15) is 14.0 Å². The minimum Gasteiger partial charge on any atom is -0.422 e. The van der Waals surface area contributed by atoms with E-state index >= 15 is 0 Å². The molecule has 0 bridgehead atoms. The second-order valence-corrected chi connectivity index (χ2v) is 6.73. The number of amides is 1. The molecular weight excluding hydrogens is 347 g/mol. The Morgan fingerprint density at radius 3 is 2.89 bits per heavy atom. The minimum absolute atomic E-state index is 0.0168. The molecular formula is C21H15FN2O3. The van der Waals surface area contributed by atoms with Gasteiger partial charge >= 0.3 is 5.63 Å². The second kappa shape index (κ2) is 5.81. The highest BCUT2D eigenvalue weighted by molar-refractivity contribution is 5.97. The van der Waals surface area contributed by atoms with E-state index in [1.165, 1.54) is 12.1 Å². The van der Waals surface area contributed by atoms with Crippen molar-refractivity contribution in [2.24, 2.45) is 0 Å². The first-order valence-corrected chi connectivity index (χ1v) is 8.71. The van der Waals surface area contributed by atoms with E-state index in [2.05, 4.69) is 4.98 Å². The topological polar surface area (TPSA) is 66.3 Å². The zero-order valence-electron chi connectivity index (χ0n) is 14.3. The Hall–Kier alpha value is -3.41. The zero-order valence-corrected chi connectivity index (χ0v) is 14.3. The number of rotatable bonds is 1. The van der Waals surface area contributed by atoms with Crippen LogP contribution in [0, 0.1) is 5.82 Å². The van der Waals surface area contributed by atoms with E-state index in [1.807, 2.05) is 6.07 Å². The molecule has 1 aliphatic heterocycles. The summed E-state index contributed by atoms with van der Waals surface area (Å²) in [6, 6.07) is 13.3. The number of nitrogens with zero attached hydrogens (tertiary/aromatic N) is 1. The molecule has 134 valence electrons. The Bertz CT molecular complexity index is 1270. The molecule has 6 heteroatoms. The Kier molecular flexibility index (Phi) is 3.40. The number of carbonyl (C=O) groups excluding carboxylic acids is 1. The van der Waals surface area contributed by atoms with Gasteiger partial charge in [-0.25, -0.2) is 9.18 Å². The Balaban J connectivity index is 1.54. The van der Waals surface area contributed by atoms with Crippen molar-refractivity contribution in [2.45, 2.75) is 13.0 Å². The smallest absolute Gasteiger partial charge is 0.349 e.